The summed E-state index contributed by atoms with van der Waals surface area (Å²) < 4.78 is 6.17. The van der Waals surface area contributed by atoms with Gasteiger partial charge in [0.05, 0.1) is 28.5 Å². The fourth-order valence-corrected chi connectivity index (χ4v) is 10.7. The average molecular weight is 899 g/mol. The molecular formula is C50H56ClN9O5. The minimum Gasteiger partial charge on any atom is -0.487 e. The first-order chi connectivity index (χ1) is 31.4. The first-order valence-electron chi connectivity index (χ1n) is 22.9. The molecule has 5 aliphatic heterocycles. The van der Waals surface area contributed by atoms with Gasteiger partial charge in [0.25, 0.3) is 11.8 Å². The smallest absolute Gasteiger partial charge is 0.262 e. The van der Waals surface area contributed by atoms with E-state index < -0.39 is 23.8 Å². The molecule has 0 radical (unpaired) electrons. The van der Waals surface area contributed by atoms with Crippen molar-refractivity contribution < 1.29 is 23.9 Å². The number of rotatable bonds is 11. The monoisotopic (exact) mass is 897 g/mol. The summed E-state index contributed by atoms with van der Waals surface area (Å²) in [5, 5.41) is 12.2. The Morgan fingerprint density at radius 1 is 0.800 bits per heavy atom. The zero-order valence-corrected chi connectivity index (χ0v) is 38.1. The molecule has 338 valence electrons. The summed E-state index contributed by atoms with van der Waals surface area (Å²) in [6, 6.07) is 23.7. The minimum absolute atomic E-state index is 0.0992. The molecule has 0 aliphatic carbocycles. The van der Waals surface area contributed by atoms with Gasteiger partial charge in [0.15, 0.2) is 0 Å². The molecule has 0 saturated carbocycles. The summed E-state index contributed by atoms with van der Waals surface area (Å²) >= 11 is 6.32. The molecule has 0 bridgehead atoms. The quantitative estimate of drug-likeness (QED) is 0.167. The van der Waals surface area contributed by atoms with E-state index in [0.29, 0.717) is 46.4 Å². The van der Waals surface area contributed by atoms with Crippen molar-refractivity contribution in [2.75, 3.05) is 56.1 Å². The minimum atomic E-state index is -0.965. The van der Waals surface area contributed by atoms with Crippen LogP contribution >= 0.6 is 11.6 Å². The Morgan fingerprint density at radius 3 is 2.17 bits per heavy atom. The van der Waals surface area contributed by atoms with Crippen molar-refractivity contribution in [3.05, 3.63) is 111 Å². The number of halogens is 1. The molecule has 5 aliphatic rings. The SMILES string of the molecule is CN(C1CCN(c2ccc3c(c2)C(=O)N(C2CCC(=O)NC2=O)C3=O)CC1)C1CCN(C2CCN(c3nccc(COc4ccc(C(C)(C)c5cc(Cl)cc(C#N)c5)cc4)n3)CC2)CC1. The molecule has 1 atom stereocenters. The van der Waals surface area contributed by atoms with E-state index in [1.807, 2.05) is 42.6 Å². The zero-order chi connectivity index (χ0) is 45.4. The van der Waals surface area contributed by atoms with Crippen LogP contribution < -0.4 is 19.9 Å². The molecule has 0 spiro atoms. The van der Waals surface area contributed by atoms with Crippen LogP contribution in [0.3, 0.4) is 0 Å². The van der Waals surface area contributed by atoms with E-state index in [0.717, 1.165) is 117 Å². The molecule has 1 unspecified atom stereocenters. The van der Waals surface area contributed by atoms with Crippen LogP contribution in [-0.2, 0) is 21.6 Å². The number of nitrogens with zero attached hydrogens (tertiary/aromatic N) is 8. The predicted octanol–water partition coefficient (Wildman–Crippen LogP) is 6.34. The van der Waals surface area contributed by atoms with Crippen LogP contribution in [-0.4, -0.2) is 119 Å². The highest BCUT2D eigenvalue weighted by Gasteiger charge is 2.45. The Hall–Kier alpha value is -5.88. The van der Waals surface area contributed by atoms with E-state index in [1.54, 1.807) is 18.2 Å². The number of nitriles is 1. The van der Waals surface area contributed by atoms with Crippen molar-refractivity contribution in [2.45, 2.75) is 101 Å². The van der Waals surface area contributed by atoms with E-state index in [9.17, 15) is 24.4 Å². The molecule has 4 saturated heterocycles. The Labute approximate surface area is 385 Å². The third-order valence-corrected chi connectivity index (χ3v) is 14.8. The molecular weight excluding hydrogens is 842 g/mol. The van der Waals surface area contributed by atoms with Gasteiger partial charge in [-0.2, -0.15) is 5.26 Å². The second-order valence-electron chi connectivity index (χ2n) is 18.7. The fraction of sp³-hybridized carbons (Fsp3) is 0.460. The van der Waals surface area contributed by atoms with Crippen LogP contribution in [0.25, 0.3) is 0 Å². The topological polar surface area (TPSA) is 155 Å². The van der Waals surface area contributed by atoms with Crippen LogP contribution in [0.1, 0.15) is 108 Å². The first kappa shape index (κ1) is 44.3. The lowest BCUT2D eigenvalue weighted by molar-refractivity contribution is -0.136. The highest BCUT2D eigenvalue weighted by Crippen LogP contribution is 2.36. The predicted molar refractivity (Wildman–Crippen MR) is 247 cm³/mol. The van der Waals surface area contributed by atoms with Gasteiger partial charge in [0, 0.05) is 73.0 Å². The van der Waals surface area contributed by atoms with E-state index in [4.69, 9.17) is 21.3 Å². The summed E-state index contributed by atoms with van der Waals surface area (Å²) in [4.78, 5) is 71.2. The summed E-state index contributed by atoms with van der Waals surface area (Å²) in [6.07, 6.45) is 8.56. The molecule has 4 fully saturated rings. The fourth-order valence-electron chi connectivity index (χ4n) is 10.5. The Morgan fingerprint density at radius 2 is 1.48 bits per heavy atom. The maximum Gasteiger partial charge on any atom is 0.262 e. The molecule has 1 N–H and O–H groups in total. The largest absolute Gasteiger partial charge is 0.487 e. The van der Waals surface area contributed by atoms with Gasteiger partial charge in [0.2, 0.25) is 17.8 Å². The van der Waals surface area contributed by atoms with Crippen molar-refractivity contribution in [3.8, 4) is 11.8 Å². The molecule has 6 heterocycles. The van der Waals surface area contributed by atoms with E-state index in [1.165, 1.54) is 0 Å². The standard InChI is InChI=1S/C50H56ClN9O5/c1-50(2,34-26-32(30-52)27-35(51)28-34)33-4-7-41(8-5-33)65-31-36-12-19-53-49(54-36)59-24-17-39(18-25-59)57-20-13-37(14-21-57)56(3)38-15-22-58(23-16-38)40-6-9-42-43(29-40)48(64)60(47(42)63)44-10-11-45(61)55-46(44)62/h4-9,12,19,26-29,37-39,44H,10-11,13-18,20-25,31H2,1-3H3,(H,55,61,62). The van der Waals surface area contributed by atoms with Gasteiger partial charge in [-0.3, -0.25) is 29.4 Å². The van der Waals surface area contributed by atoms with Crippen LogP contribution in [0.4, 0.5) is 11.6 Å². The number of carbonyl (C=O) groups is 4. The molecule has 1 aromatic heterocycles. The number of ether oxygens (including phenoxy) is 1. The Bertz CT molecular complexity index is 2500. The lowest BCUT2D eigenvalue weighted by Crippen LogP contribution is -2.54. The summed E-state index contributed by atoms with van der Waals surface area (Å²) in [5.41, 5.74) is 4.65. The van der Waals surface area contributed by atoms with Crippen molar-refractivity contribution >= 4 is 46.9 Å². The van der Waals surface area contributed by atoms with Crippen molar-refractivity contribution in [1.82, 2.24) is 30.0 Å². The van der Waals surface area contributed by atoms with Crippen LogP contribution in [0.5, 0.6) is 5.75 Å². The van der Waals surface area contributed by atoms with Gasteiger partial charge < -0.3 is 24.3 Å². The molecule has 4 amide bonds. The summed E-state index contributed by atoms with van der Waals surface area (Å²) in [5.74, 6) is -0.420. The van der Waals surface area contributed by atoms with E-state index >= 15 is 0 Å². The van der Waals surface area contributed by atoms with Gasteiger partial charge in [0.1, 0.15) is 18.4 Å². The van der Waals surface area contributed by atoms with E-state index in [-0.39, 0.29) is 24.2 Å². The lowest BCUT2D eigenvalue weighted by atomic mass is 9.78. The number of imide groups is 2. The number of hydrogen-bond donors (Lipinski definition) is 1. The maximum absolute atomic E-state index is 13.4. The molecule has 15 heteroatoms. The number of nitrogens with one attached hydrogen (secondary N) is 1. The molecule has 14 nitrogen and oxygen atoms in total. The second-order valence-corrected chi connectivity index (χ2v) is 19.1. The molecule has 9 rings (SSSR count). The Balaban J connectivity index is 0.710. The van der Waals surface area contributed by atoms with Gasteiger partial charge in [-0.15, -0.1) is 0 Å². The molecule has 4 aromatic rings. The third kappa shape index (κ3) is 9.19. The zero-order valence-electron chi connectivity index (χ0n) is 37.3. The summed E-state index contributed by atoms with van der Waals surface area (Å²) in [6.45, 7) is 10.3. The van der Waals surface area contributed by atoms with E-state index in [2.05, 4.69) is 69.0 Å². The van der Waals surface area contributed by atoms with Gasteiger partial charge >= 0.3 is 0 Å². The highest BCUT2D eigenvalue weighted by molar-refractivity contribution is 6.30. The third-order valence-electron chi connectivity index (χ3n) is 14.6. The number of piperidine rings is 4. The van der Waals surface area contributed by atoms with Crippen molar-refractivity contribution in [1.29, 1.82) is 5.26 Å². The number of benzene rings is 3. The van der Waals surface area contributed by atoms with Gasteiger partial charge in [-0.1, -0.05) is 37.6 Å². The number of carbonyl (C=O) groups excluding carboxylic acids is 4. The van der Waals surface area contributed by atoms with Gasteiger partial charge in [-0.25, -0.2) is 9.97 Å². The average Bonchev–Trinajstić information content (AvgIpc) is 3.58. The number of likely N-dealkylation sites (tertiary alicyclic amines) is 1. The van der Waals surface area contributed by atoms with Crippen molar-refractivity contribution in [2.24, 2.45) is 0 Å². The second kappa shape index (κ2) is 18.5. The molecule has 3 aromatic carbocycles. The Kier molecular flexibility index (Phi) is 12.6. The van der Waals surface area contributed by atoms with Gasteiger partial charge in [-0.05, 0) is 131 Å². The number of anilines is 2. The highest BCUT2D eigenvalue weighted by atomic mass is 35.5. The number of fused-ring (bicyclic) bond motifs is 1. The molecule has 65 heavy (non-hydrogen) atoms. The first-order valence-corrected chi connectivity index (χ1v) is 23.3. The maximum atomic E-state index is 13.4. The van der Waals surface area contributed by atoms with Crippen LogP contribution in [0.2, 0.25) is 5.02 Å². The normalized spacial score (nSPS) is 20.6. The van der Waals surface area contributed by atoms with Crippen molar-refractivity contribution in [3.63, 3.8) is 0 Å². The summed E-state index contributed by atoms with van der Waals surface area (Å²) in [7, 11) is 2.29. The van der Waals surface area contributed by atoms with Crippen LogP contribution in [0.15, 0.2) is 72.9 Å². The number of hydrogen-bond acceptors (Lipinski definition) is 12. The number of amides is 4. The lowest BCUT2D eigenvalue weighted by Gasteiger charge is -2.46. The van der Waals surface area contributed by atoms with Crippen LogP contribution in [0, 0.1) is 11.3 Å². The number of aromatic nitrogens is 2.